The minimum absolute atomic E-state index is 0.126. The van der Waals surface area contributed by atoms with Crippen LogP contribution < -0.4 is 10.1 Å². The third-order valence-electron chi connectivity index (χ3n) is 3.50. The topological polar surface area (TPSA) is 56.1 Å². The maximum atomic E-state index is 12.8. The third-order valence-corrected chi connectivity index (χ3v) is 3.50. The van der Waals surface area contributed by atoms with E-state index < -0.39 is 6.04 Å². The Bertz CT molecular complexity index is 753. The molecule has 1 N–H and O–H groups in total. The molecular formula is C18H17N3O2. The Kier molecular flexibility index (Phi) is 4.38. The van der Waals surface area contributed by atoms with Gasteiger partial charge in [0.1, 0.15) is 6.04 Å². The second kappa shape index (κ2) is 6.79. The second-order valence-corrected chi connectivity index (χ2v) is 5.02. The third kappa shape index (κ3) is 3.40. The largest absolute Gasteiger partial charge is 0.481 e. The highest BCUT2D eigenvalue weighted by Gasteiger charge is 2.21. The molecule has 0 saturated heterocycles. The molecule has 23 heavy (non-hydrogen) atoms. The van der Waals surface area contributed by atoms with E-state index in [4.69, 9.17) is 4.74 Å². The van der Waals surface area contributed by atoms with Gasteiger partial charge in [-0.3, -0.25) is 4.79 Å². The molecule has 0 spiro atoms. The number of aromatic nitrogens is 2. The van der Waals surface area contributed by atoms with Crippen LogP contribution in [0.5, 0.6) is 5.88 Å². The summed E-state index contributed by atoms with van der Waals surface area (Å²) >= 11 is 0. The molecule has 0 aliphatic heterocycles. The highest BCUT2D eigenvalue weighted by Crippen LogP contribution is 2.21. The van der Waals surface area contributed by atoms with Crippen molar-refractivity contribution in [3.8, 4) is 5.88 Å². The van der Waals surface area contributed by atoms with Crippen LogP contribution in [-0.2, 0) is 4.79 Å². The summed E-state index contributed by atoms with van der Waals surface area (Å²) in [7, 11) is 1.55. The monoisotopic (exact) mass is 307 g/mol. The molecule has 0 saturated carbocycles. The van der Waals surface area contributed by atoms with Gasteiger partial charge in [0.15, 0.2) is 0 Å². The lowest BCUT2D eigenvalue weighted by molar-refractivity contribution is -0.118. The average molecular weight is 307 g/mol. The van der Waals surface area contributed by atoms with Crippen LogP contribution >= 0.6 is 0 Å². The van der Waals surface area contributed by atoms with Gasteiger partial charge >= 0.3 is 0 Å². The summed E-state index contributed by atoms with van der Waals surface area (Å²) in [6.07, 6.45) is 5.33. The zero-order valence-electron chi connectivity index (χ0n) is 12.7. The standard InChI is InChI=1S/C18H17N3O2/c1-23-16-10-9-15(13-19-16)20-18(22)17(21-11-5-6-12-21)14-7-3-2-4-8-14/h2-13,17H,1H3,(H,20,22)/t17-/m1/s1. The quantitative estimate of drug-likeness (QED) is 0.788. The van der Waals surface area contributed by atoms with Crippen LogP contribution in [0.4, 0.5) is 5.69 Å². The molecule has 3 rings (SSSR count). The summed E-state index contributed by atoms with van der Waals surface area (Å²) in [6.45, 7) is 0. The van der Waals surface area contributed by atoms with Gasteiger partial charge in [-0.2, -0.15) is 0 Å². The highest BCUT2D eigenvalue weighted by atomic mass is 16.5. The van der Waals surface area contributed by atoms with Crippen molar-refractivity contribution in [3.63, 3.8) is 0 Å². The minimum atomic E-state index is -0.437. The number of amides is 1. The fourth-order valence-electron chi connectivity index (χ4n) is 2.40. The van der Waals surface area contributed by atoms with Crippen LogP contribution in [0.25, 0.3) is 0 Å². The van der Waals surface area contributed by atoms with Gasteiger partial charge in [-0.15, -0.1) is 0 Å². The van der Waals surface area contributed by atoms with E-state index in [1.165, 1.54) is 0 Å². The van der Waals surface area contributed by atoms with Crippen molar-refractivity contribution >= 4 is 11.6 Å². The van der Waals surface area contributed by atoms with E-state index in [1.807, 2.05) is 59.4 Å². The number of benzene rings is 1. The first-order valence-corrected chi connectivity index (χ1v) is 7.26. The fourth-order valence-corrected chi connectivity index (χ4v) is 2.40. The maximum absolute atomic E-state index is 12.8. The first-order valence-electron chi connectivity index (χ1n) is 7.26. The zero-order valence-corrected chi connectivity index (χ0v) is 12.7. The van der Waals surface area contributed by atoms with Crippen molar-refractivity contribution in [2.45, 2.75) is 6.04 Å². The minimum Gasteiger partial charge on any atom is -0.481 e. The van der Waals surface area contributed by atoms with Crippen LogP contribution in [0.1, 0.15) is 11.6 Å². The SMILES string of the molecule is COc1ccc(NC(=O)[C@@H](c2ccccc2)n2cccc2)cn1. The van der Waals surface area contributed by atoms with E-state index in [0.717, 1.165) is 5.56 Å². The molecule has 116 valence electrons. The van der Waals surface area contributed by atoms with Crippen molar-refractivity contribution in [2.24, 2.45) is 0 Å². The van der Waals surface area contributed by atoms with Crippen molar-refractivity contribution < 1.29 is 9.53 Å². The predicted octanol–water partition coefficient (Wildman–Crippen LogP) is 3.12. The summed E-state index contributed by atoms with van der Waals surface area (Å²) in [5.74, 6) is 0.382. The molecular weight excluding hydrogens is 290 g/mol. The van der Waals surface area contributed by atoms with Crippen LogP contribution in [0.2, 0.25) is 0 Å². The number of pyridine rings is 1. The average Bonchev–Trinajstić information content (AvgIpc) is 3.11. The van der Waals surface area contributed by atoms with Crippen molar-refractivity contribution in [1.82, 2.24) is 9.55 Å². The van der Waals surface area contributed by atoms with Crippen LogP contribution in [0, 0.1) is 0 Å². The number of carbonyl (C=O) groups excluding carboxylic acids is 1. The number of hydrogen-bond acceptors (Lipinski definition) is 3. The molecule has 3 aromatic rings. The number of ether oxygens (including phenoxy) is 1. The summed E-state index contributed by atoms with van der Waals surface area (Å²) < 4.78 is 6.90. The molecule has 1 amide bonds. The summed E-state index contributed by atoms with van der Waals surface area (Å²) in [5, 5.41) is 2.90. The van der Waals surface area contributed by atoms with Crippen LogP contribution in [0.15, 0.2) is 73.2 Å². The van der Waals surface area contributed by atoms with Crippen molar-refractivity contribution in [2.75, 3.05) is 12.4 Å². The van der Waals surface area contributed by atoms with Gasteiger partial charge < -0.3 is 14.6 Å². The van der Waals surface area contributed by atoms with Crippen molar-refractivity contribution in [3.05, 3.63) is 78.8 Å². The molecule has 0 unspecified atom stereocenters. The molecule has 0 aliphatic rings. The fraction of sp³-hybridized carbons (Fsp3) is 0.111. The number of anilines is 1. The molecule has 2 aromatic heterocycles. The lowest BCUT2D eigenvalue weighted by atomic mass is 10.1. The number of nitrogens with zero attached hydrogens (tertiary/aromatic N) is 2. The van der Waals surface area contributed by atoms with Gasteiger partial charge in [0.25, 0.3) is 5.91 Å². The number of nitrogens with one attached hydrogen (secondary N) is 1. The number of rotatable bonds is 5. The molecule has 0 aliphatic carbocycles. The number of methoxy groups -OCH3 is 1. The van der Waals surface area contributed by atoms with Crippen molar-refractivity contribution in [1.29, 1.82) is 0 Å². The van der Waals surface area contributed by atoms with Gasteiger partial charge in [-0.25, -0.2) is 4.98 Å². The Balaban J connectivity index is 1.86. The van der Waals surface area contributed by atoms with E-state index >= 15 is 0 Å². The molecule has 5 nitrogen and oxygen atoms in total. The Morgan fingerprint density at radius 1 is 1.09 bits per heavy atom. The Morgan fingerprint density at radius 2 is 1.83 bits per heavy atom. The van der Waals surface area contributed by atoms with E-state index in [2.05, 4.69) is 10.3 Å². The van der Waals surface area contributed by atoms with Gasteiger partial charge in [0.05, 0.1) is 19.0 Å². The number of carbonyl (C=O) groups is 1. The van der Waals surface area contributed by atoms with Gasteiger partial charge in [-0.1, -0.05) is 30.3 Å². The van der Waals surface area contributed by atoms with E-state index in [9.17, 15) is 4.79 Å². The second-order valence-electron chi connectivity index (χ2n) is 5.02. The normalized spacial score (nSPS) is 11.7. The molecule has 1 atom stereocenters. The summed E-state index contributed by atoms with van der Waals surface area (Å²) in [4.78, 5) is 16.9. The Morgan fingerprint density at radius 3 is 2.43 bits per heavy atom. The maximum Gasteiger partial charge on any atom is 0.252 e. The summed E-state index contributed by atoms with van der Waals surface area (Å²) in [6, 6.07) is 16.5. The lowest BCUT2D eigenvalue weighted by Crippen LogP contribution is -2.26. The van der Waals surface area contributed by atoms with Gasteiger partial charge in [0.2, 0.25) is 5.88 Å². The summed E-state index contributed by atoms with van der Waals surface area (Å²) in [5.41, 5.74) is 1.55. The van der Waals surface area contributed by atoms with E-state index in [0.29, 0.717) is 11.6 Å². The van der Waals surface area contributed by atoms with E-state index in [1.54, 1.807) is 25.4 Å². The van der Waals surface area contributed by atoms with Crippen LogP contribution in [-0.4, -0.2) is 22.6 Å². The molecule has 2 heterocycles. The smallest absolute Gasteiger partial charge is 0.252 e. The van der Waals surface area contributed by atoms with Gasteiger partial charge in [-0.05, 0) is 23.8 Å². The molecule has 5 heteroatoms. The number of hydrogen-bond donors (Lipinski definition) is 1. The molecule has 0 radical (unpaired) electrons. The lowest BCUT2D eigenvalue weighted by Gasteiger charge is -2.19. The molecule has 1 aromatic carbocycles. The zero-order chi connectivity index (χ0) is 16.1. The highest BCUT2D eigenvalue weighted by molar-refractivity contribution is 5.95. The molecule has 0 fully saturated rings. The first kappa shape index (κ1) is 14.8. The Hall–Kier alpha value is -3.08. The van der Waals surface area contributed by atoms with Gasteiger partial charge in [0, 0.05) is 18.5 Å². The van der Waals surface area contributed by atoms with E-state index in [-0.39, 0.29) is 5.91 Å². The molecule has 0 bridgehead atoms. The van der Waals surface area contributed by atoms with Crippen LogP contribution in [0.3, 0.4) is 0 Å². The first-order chi connectivity index (χ1) is 11.3. The Labute approximate surface area is 134 Å². The predicted molar refractivity (Wildman–Crippen MR) is 88.4 cm³/mol.